The molecule has 3 rings (SSSR count). The van der Waals surface area contributed by atoms with Crippen LogP contribution in [0.1, 0.15) is 24.0 Å². The Labute approximate surface area is 137 Å². The summed E-state index contributed by atoms with van der Waals surface area (Å²) in [5.74, 6) is 1.12. The van der Waals surface area contributed by atoms with Crippen LogP contribution in [0.5, 0.6) is 0 Å². The Bertz CT molecular complexity index is 732. The predicted molar refractivity (Wildman–Crippen MR) is 92.6 cm³/mol. The molecular weight excluding hydrogens is 346 g/mol. The molecule has 0 aliphatic heterocycles. The zero-order valence-corrected chi connectivity index (χ0v) is 14.4. The Morgan fingerprint density at radius 3 is 2.90 bits per heavy atom. The largest absolute Gasteiger partial charge is 0.327 e. The monoisotopic (exact) mass is 363 g/mol. The van der Waals surface area contributed by atoms with Crippen molar-refractivity contribution in [2.24, 2.45) is 0 Å². The maximum absolute atomic E-state index is 4.76. The zero-order valence-electron chi connectivity index (χ0n) is 12.0. The average molecular weight is 364 g/mol. The van der Waals surface area contributed by atoms with Crippen molar-refractivity contribution in [3.8, 4) is 0 Å². The molecule has 0 aliphatic carbocycles. The quantitative estimate of drug-likeness (QED) is 0.695. The number of aryl methyl sites for hydroxylation is 1. The first-order chi connectivity index (χ1) is 10.3. The number of hydrogen-bond acceptors (Lipinski definition) is 3. The van der Waals surface area contributed by atoms with Crippen molar-refractivity contribution in [1.82, 2.24) is 14.9 Å². The van der Waals surface area contributed by atoms with Gasteiger partial charge in [0.05, 0.1) is 17.6 Å². The summed E-state index contributed by atoms with van der Waals surface area (Å²) >= 11 is 5.26. The van der Waals surface area contributed by atoms with Crippen molar-refractivity contribution in [2.45, 2.75) is 33.0 Å². The Hall–Kier alpha value is -1.17. The molecule has 21 heavy (non-hydrogen) atoms. The van der Waals surface area contributed by atoms with Gasteiger partial charge in [0, 0.05) is 27.8 Å². The predicted octanol–water partition coefficient (Wildman–Crippen LogP) is 4.56. The third-order valence-electron chi connectivity index (χ3n) is 3.38. The minimum atomic E-state index is 0.796. The molecule has 0 bridgehead atoms. The van der Waals surface area contributed by atoms with Gasteiger partial charge in [-0.2, -0.15) is 0 Å². The van der Waals surface area contributed by atoms with E-state index in [1.165, 1.54) is 10.4 Å². The van der Waals surface area contributed by atoms with Gasteiger partial charge in [-0.3, -0.25) is 0 Å². The average Bonchev–Trinajstić information content (AvgIpc) is 3.04. The Kier molecular flexibility index (Phi) is 4.73. The normalized spacial score (nSPS) is 11.3. The van der Waals surface area contributed by atoms with Crippen LogP contribution >= 0.6 is 27.3 Å². The molecule has 110 valence electrons. The van der Waals surface area contributed by atoms with E-state index in [0.717, 1.165) is 41.9 Å². The molecule has 1 aromatic carbocycles. The Morgan fingerprint density at radius 1 is 1.29 bits per heavy atom. The van der Waals surface area contributed by atoms with Gasteiger partial charge < -0.3 is 9.88 Å². The smallest absolute Gasteiger partial charge is 0.123 e. The molecule has 0 amide bonds. The van der Waals surface area contributed by atoms with Crippen LogP contribution in [0.25, 0.3) is 11.0 Å². The van der Waals surface area contributed by atoms with Crippen molar-refractivity contribution < 1.29 is 0 Å². The molecule has 0 fully saturated rings. The van der Waals surface area contributed by atoms with Crippen LogP contribution in [0.3, 0.4) is 0 Å². The number of thiophene rings is 1. The summed E-state index contributed by atoms with van der Waals surface area (Å²) in [5.41, 5.74) is 2.32. The van der Waals surface area contributed by atoms with Crippen molar-refractivity contribution in [3.05, 3.63) is 50.9 Å². The Balaban J connectivity index is 1.74. The summed E-state index contributed by atoms with van der Waals surface area (Å²) in [6.45, 7) is 4.90. The van der Waals surface area contributed by atoms with Crippen LogP contribution in [0, 0.1) is 0 Å². The van der Waals surface area contributed by atoms with E-state index in [1.807, 2.05) is 6.07 Å². The molecular formula is C16H18BrN3S. The van der Waals surface area contributed by atoms with Crippen LogP contribution in [0.2, 0.25) is 0 Å². The molecule has 0 spiro atoms. The van der Waals surface area contributed by atoms with E-state index in [1.54, 1.807) is 11.3 Å². The maximum Gasteiger partial charge on any atom is 0.123 e. The van der Waals surface area contributed by atoms with Crippen LogP contribution < -0.4 is 5.32 Å². The van der Waals surface area contributed by atoms with Gasteiger partial charge in [-0.15, -0.1) is 11.3 Å². The molecule has 0 saturated carbocycles. The minimum Gasteiger partial charge on any atom is -0.327 e. The molecule has 0 radical (unpaired) electrons. The van der Waals surface area contributed by atoms with E-state index in [0.29, 0.717) is 0 Å². The number of fused-ring (bicyclic) bond motifs is 1. The van der Waals surface area contributed by atoms with Crippen LogP contribution in [0.15, 0.2) is 40.2 Å². The van der Waals surface area contributed by atoms with Gasteiger partial charge in [0.2, 0.25) is 0 Å². The fourth-order valence-corrected chi connectivity index (χ4v) is 3.90. The molecule has 0 saturated heterocycles. The van der Waals surface area contributed by atoms with E-state index in [9.17, 15) is 0 Å². The van der Waals surface area contributed by atoms with Gasteiger partial charge in [-0.25, -0.2) is 4.98 Å². The second kappa shape index (κ2) is 6.73. The van der Waals surface area contributed by atoms with Gasteiger partial charge in [0.1, 0.15) is 5.82 Å². The summed E-state index contributed by atoms with van der Waals surface area (Å²) in [7, 11) is 0. The lowest BCUT2D eigenvalue weighted by molar-refractivity contribution is 0.600. The van der Waals surface area contributed by atoms with E-state index in [4.69, 9.17) is 4.98 Å². The van der Waals surface area contributed by atoms with Gasteiger partial charge in [-0.1, -0.05) is 19.1 Å². The summed E-state index contributed by atoms with van der Waals surface area (Å²) in [6, 6.07) is 10.5. The number of halogens is 1. The highest BCUT2D eigenvalue weighted by molar-refractivity contribution is 9.10. The number of nitrogens with zero attached hydrogens (tertiary/aromatic N) is 2. The molecule has 3 nitrogen and oxygen atoms in total. The molecule has 0 aliphatic rings. The summed E-state index contributed by atoms with van der Waals surface area (Å²) in [4.78, 5) is 6.10. The number of rotatable bonds is 6. The zero-order chi connectivity index (χ0) is 14.7. The molecule has 0 atom stereocenters. The maximum atomic E-state index is 4.76. The van der Waals surface area contributed by atoms with Crippen molar-refractivity contribution in [2.75, 3.05) is 0 Å². The first-order valence-corrected chi connectivity index (χ1v) is 8.83. The molecule has 5 heteroatoms. The number of para-hydroxylation sites is 2. The number of benzene rings is 1. The highest BCUT2D eigenvalue weighted by Gasteiger charge is 2.09. The van der Waals surface area contributed by atoms with E-state index < -0.39 is 0 Å². The van der Waals surface area contributed by atoms with Crippen LogP contribution in [-0.4, -0.2) is 9.55 Å². The highest BCUT2D eigenvalue weighted by atomic mass is 79.9. The number of nitrogens with one attached hydrogen (secondary N) is 1. The van der Waals surface area contributed by atoms with Crippen LogP contribution in [-0.2, 0) is 19.6 Å². The second-order valence-electron chi connectivity index (χ2n) is 5.00. The third-order valence-corrected chi connectivity index (χ3v) is 5.08. The second-order valence-corrected chi connectivity index (χ2v) is 6.91. The fourth-order valence-electron chi connectivity index (χ4n) is 2.48. The van der Waals surface area contributed by atoms with E-state index >= 15 is 0 Å². The molecule has 3 aromatic rings. The highest BCUT2D eigenvalue weighted by Crippen LogP contribution is 2.20. The van der Waals surface area contributed by atoms with Crippen molar-refractivity contribution in [1.29, 1.82) is 0 Å². The van der Waals surface area contributed by atoms with Gasteiger partial charge in [0.25, 0.3) is 0 Å². The molecule has 2 heterocycles. The van der Waals surface area contributed by atoms with Crippen molar-refractivity contribution >= 4 is 38.3 Å². The van der Waals surface area contributed by atoms with Crippen molar-refractivity contribution in [3.63, 3.8) is 0 Å². The molecule has 1 N–H and O–H groups in total. The van der Waals surface area contributed by atoms with E-state index in [-0.39, 0.29) is 0 Å². The third kappa shape index (κ3) is 3.36. The number of aromatic nitrogens is 2. The topological polar surface area (TPSA) is 29.9 Å². The van der Waals surface area contributed by atoms with Gasteiger partial charge in [-0.05, 0) is 40.5 Å². The first kappa shape index (κ1) is 14.8. The number of imidazole rings is 1. The fraction of sp³-hybridized carbons (Fsp3) is 0.312. The lowest BCUT2D eigenvalue weighted by Gasteiger charge is -2.08. The number of hydrogen-bond donors (Lipinski definition) is 1. The standard InChI is InChI=1S/C16H18BrN3S/c1-2-7-20-15-6-4-3-5-14(15)19-16(20)10-18-9-13-8-12(17)11-21-13/h3-6,8,11,18H,2,7,9-10H2,1H3. The Morgan fingerprint density at radius 2 is 2.14 bits per heavy atom. The lowest BCUT2D eigenvalue weighted by Crippen LogP contribution is -2.16. The molecule has 2 aromatic heterocycles. The minimum absolute atomic E-state index is 0.796. The van der Waals surface area contributed by atoms with Gasteiger partial charge in [0.15, 0.2) is 0 Å². The molecule has 0 unspecified atom stereocenters. The van der Waals surface area contributed by atoms with Crippen LogP contribution in [0.4, 0.5) is 0 Å². The van der Waals surface area contributed by atoms with Gasteiger partial charge >= 0.3 is 0 Å². The summed E-state index contributed by atoms with van der Waals surface area (Å²) in [6.07, 6.45) is 1.12. The van der Waals surface area contributed by atoms with E-state index in [2.05, 4.69) is 62.4 Å². The summed E-state index contributed by atoms with van der Waals surface area (Å²) < 4.78 is 3.48. The lowest BCUT2D eigenvalue weighted by atomic mass is 10.3. The summed E-state index contributed by atoms with van der Waals surface area (Å²) in [5, 5.41) is 5.61. The first-order valence-electron chi connectivity index (χ1n) is 7.15. The SMILES string of the molecule is CCCn1c(CNCc2cc(Br)cs2)nc2ccccc21.